The van der Waals surface area contributed by atoms with Gasteiger partial charge in [-0.1, -0.05) is 30.3 Å². The molecule has 0 radical (unpaired) electrons. The van der Waals surface area contributed by atoms with Gasteiger partial charge < -0.3 is 15.5 Å². The highest BCUT2D eigenvalue weighted by Crippen LogP contribution is 2.23. The van der Waals surface area contributed by atoms with E-state index in [0.717, 1.165) is 5.56 Å². The Morgan fingerprint density at radius 2 is 1.96 bits per heavy atom. The van der Waals surface area contributed by atoms with Crippen LogP contribution in [0.2, 0.25) is 0 Å². The van der Waals surface area contributed by atoms with Crippen molar-refractivity contribution < 1.29 is 14.0 Å². The summed E-state index contributed by atoms with van der Waals surface area (Å²) in [6.45, 7) is 1.81. The van der Waals surface area contributed by atoms with E-state index in [4.69, 9.17) is 10.2 Å². The van der Waals surface area contributed by atoms with Crippen molar-refractivity contribution in [1.82, 2.24) is 19.7 Å². The average Bonchev–Trinajstić information content (AvgIpc) is 3.37. The number of hydrogen-bond donors (Lipinski definition) is 2. The molecule has 3 aromatic heterocycles. The highest BCUT2D eigenvalue weighted by Gasteiger charge is 2.20. The van der Waals surface area contributed by atoms with Gasteiger partial charge in [-0.25, -0.2) is 9.97 Å². The number of carbonyl (C=O) groups excluding carboxylic acids is 2. The monoisotopic (exact) mass is 375 g/mol. The van der Waals surface area contributed by atoms with E-state index < -0.39 is 11.8 Å². The van der Waals surface area contributed by atoms with Crippen molar-refractivity contribution in [2.24, 2.45) is 5.73 Å². The molecule has 4 aromatic rings. The summed E-state index contributed by atoms with van der Waals surface area (Å²) in [6.07, 6.45) is 3.01. The normalized spacial score (nSPS) is 12.0. The summed E-state index contributed by atoms with van der Waals surface area (Å²) in [5.74, 6) is -0.490. The molecule has 4 rings (SSSR count). The van der Waals surface area contributed by atoms with Crippen molar-refractivity contribution in [3.8, 4) is 11.3 Å². The van der Waals surface area contributed by atoms with Crippen LogP contribution in [-0.4, -0.2) is 26.2 Å². The van der Waals surface area contributed by atoms with Crippen molar-refractivity contribution in [2.45, 2.75) is 13.0 Å². The second-order valence-electron chi connectivity index (χ2n) is 6.25. The molecule has 0 aliphatic rings. The highest BCUT2D eigenvalue weighted by molar-refractivity contribution is 5.99. The minimum Gasteiger partial charge on any atom is -0.467 e. The summed E-state index contributed by atoms with van der Waals surface area (Å²) in [5.41, 5.74) is 7.31. The Morgan fingerprint density at radius 1 is 1.18 bits per heavy atom. The van der Waals surface area contributed by atoms with Crippen LogP contribution in [0.4, 0.5) is 0 Å². The molecule has 8 nitrogen and oxygen atoms in total. The van der Waals surface area contributed by atoms with Gasteiger partial charge in [-0.15, -0.1) is 0 Å². The highest BCUT2D eigenvalue weighted by atomic mass is 16.3. The Kier molecular flexibility index (Phi) is 4.36. The van der Waals surface area contributed by atoms with Gasteiger partial charge in [-0.05, 0) is 30.7 Å². The van der Waals surface area contributed by atoms with Gasteiger partial charge in [0.05, 0.1) is 18.0 Å². The van der Waals surface area contributed by atoms with Gasteiger partial charge in [0.15, 0.2) is 11.3 Å². The predicted molar refractivity (Wildman–Crippen MR) is 102 cm³/mol. The standard InChI is InChI=1S/C20H17N5O3/c1-12(16-8-5-9-28-16)23-20(27)14-10-15(13-6-3-2-4-7-13)25-11-22-17(18(21)26)19(25)24-14/h2-12H,1H3,(H2,21,26)(H,23,27). The van der Waals surface area contributed by atoms with E-state index in [-0.39, 0.29) is 23.1 Å². The molecule has 0 saturated heterocycles. The first kappa shape index (κ1) is 17.5. The summed E-state index contributed by atoms with van der Waals surface area (Å²) in [6, 6.07) is 14.3. The average molecular weight is 375 g/mol. The summed E-state index contributed by atoms with van der Waals surface area (Å²) in [5, 5.41) is 2.84. The third kappa shape index (κ3) is 3.11. The van der Waals surface area contributed by atoms with Gasteiger partial charge in [0.1, 0.15) is 17.8 Å². The van der Waals surface area contributed by atoms with Crippen LogP contribution in [0.5, 0.6) is 0 Å². The molecule has 8 heteroatoms. The van der Waals surface area contributed by atoms with Crippen LogP contribution in [-0.2, 0) is 0 Å². The molecule has 3 heterocycles. The summed E-state index contributed by atoms with van der Waals surface area (Å²) >= 11 is 0. The van der Waals surface area contributed by atoms with Crippen LogP contribution < -0.4 is 11.1 Å². The number of imidazole rings is 1. The quantitative estimate of drug-likeness (QED) is 0.556. The maximum Gasteiger partial charge on any atom is 0.271 e. The molecule has 0 fully saturated rings. The number of primary amides is 1. The van der Waals surface area contributed by atoms with Gasteiger partial charge in [0.25, 0.3) is 11.8 Å². The fourth-order valence-corrected chi connectivity index (χ4v) is 2.97. The number of hydrogen-bond acceptors (Lipinski definition) is 5. The largest absolute Gasteiger partial charge is 0.467 e. The SMILES string of the molecule is CC(NC(=O)c1cc(-c2ccccc2)n2cnc(C(N)=O)c2n1)c1ccco1. The molecule has 1 atom stereocenters. The number of nitrogens with one attached hydrogen (secondary N) is 1. The Bertz CT molecular complexity index is 1150. The van der Waals surface area contributed by atoms with Crippen molar-refractivity contribution in [2.75, 3.05) is 0 Å². The third-order valence-electron chi connectivity index (χ3n) is 4.35. The van der Waals surface area contributed by atoms with Crippen LogP contribution in [0.1, 0.15) is 39.7 Å². The van der Waals surface area contributed by atoms with E-state index in [1.165, 1.54) is 6.33 Å². The third-order valence-corrected chi connectivity index (χ3v) is 4.35. The number of nitrogens with two attached hydrogens (primary N) is 1. The maximum atomic E-state index is 12.8. The lowest BCUT2D eigenvalue weighted by Gasteiger charge is -2.13. The molecule has 28 heavy (non-hydrogen) atoms. The second-order valence-corrected chi connectivity index (χ2v) is 6.25. The Morgan fingerprint density at radius 3 is 2.64 bits per heavy atom. The molecule has 1 unspecified atom stereocenters. The van der Waals surface area contributed by atoms with Crippen LogP contribution in [0.3, 0.4) is 0 Å². The van der Waals surface area contributed by atoms with Gasteiger partial charge >= 0.3 is 0 Å². The van der Waals surface area contributed by atoms with E-state index in [9.17, 15) is 9.59 Å². The molecule has 0 saturated carbocycles. The maximum absolute atomic E-state index is 12.8. The van der Waals surface area contributed by atoms with E-state index in [0.29, 0.717) is 11.5 Å². The first-order valence-electron chi connectivity index (χ1n) is 8.62. The lowest BCUT2D eigenvalue weighted by molar-refractivity contribution is 0.0929. The first-order valence-corrected chi connectivity index (χ1v) is 8.62. The van der Waals surface area contributed by atoms with E-state index >= 15 is 0 Å². The number of furan rings is 1. The molecular weight excluding hydrogens is 358 g/mol. The zero-order chi connectivity index (χ0) is 19.7. The smallest absolute Gasteiger partial charge is 0.271 e. The molecule has 140 valence electrons. The first-order chi connectivity index (χ1) is 13.5. The van der Waals surface area contributed by atoms with Gasteiger partial charge in [-0.3, -0.25) is 14.0 Å². The van der Waals surface area contributed by atoms with E-state index in [2.05, 4.69) is 15.3 Å². The molecule has 0 bridgehead atoms. The Hall–Kier alpha value is -3.94. The van der Waals surface area contributed by atoms with Gasteiger partial charge in [0, 0.05) is 0 Å². The van der Waals surface area contributed by atoms with Crippen molar-refractivity contribution in [1.29, 1.82) is 0 Å². The zero-order valence-corrected chi connectivity index (χ0v) is 15.0. The summed E-state index contributed by atoms with van der Waals surface area (Å²) in [7, 11) is 0. The van der Waals surface area contributed by atoms with Gasteiger partial charge in [-0.2, -0.15) is 0 Å². The molecular formula is C20H17N5O3. The molecule has 0 aliphatic carbocycles. The number of nitrogens with zero attached hydrogens (tertiary/aromatic N) is 3. The number of carbonyl (C=O) groups is 2. The molecule has 3 N–H and O–H groups in total. The Balaban J connectivity index is 1.81. The summed E-state index contributed by atoms with van der Waals surface area (Å²) in [4.78, 5) is 32.9. The number of benzene rings is 1. The second kappa shape index (κ2) is 6.99. The van der Waals surface area contributed by atoms with Crippen molar-refractivity contribution >= 4 is 17.5 Å². The summed E-state index contributed by atoms with van der Waals surface area (Å²) < 4.78 is 6.96. The van der Waals surface area contributed by atoms with E-state index in [1.807, 2.05) is 30.3 Å². The van der Waals surface area contributed by atoms with Gasteiger partial charge in [0.2, 0.25) is 0 Å². The van der Waals surface area contributed by atoms with Crippen LogP contribution in [0.25, 0.3) is 16.9 Å². The molecule has 0 spiro atoms. The number of fused-ring (bicyclic) bond motifs is 1. The molecule has 2 amide bonds. The van der Waals surface area contributed by atoms with Crippen molar-refractivity contribution in [3.05, 3.63) is 78.3 Å². The predicted octanol–water partition coefficient (Wildman–Crippen LogP) is 2.58. The fraction of sp³-hybridized carbons (Fsp3) is 0.100. The van der Waals surface area contributed by atoms with Crippen LogP contribution >= 0.6 is 0 Å². The molecule has 0 aliphatic heterocycles. The van der Waals surface area contributed by atoms with Crippen LogP contribution in [0.15, 0.2) is 65.5 Å². The minimum atomic E-state index is -0.712. The fourth-order valence-electron chi connectivity index (χ4n) is 2.97. The van der Waals surface area contributed by atoms with E-state index in [1.54, 1.807) is 35.8 Å². The minimum absolute atomic E-state index is 0.00548. The van der Waals surface area contributed by atoms with Crippen LogP contribution in [0, 0.1) is 0 Å². The lowest BCUT2D eigenvalue weighted by Crippen LogP contribution is -2.27. The molecule has 1 aromatic carbocycles. The number of aromatic nitrogens is 3. The topological polar surface area (TPSA) is 116 Å². The zero-order valence-electron chi connectivity index (χ0n) is 15.0. The van der Waals surface area contributed by atoms with Crippen molar-refractivity contribution in [3.63, 3.8) is 0 Å². The Labute approximate surface area is 160 Å². The number of rotatable bonds is 5. The number of amides is 2. The lowest BCUT2D eigenvalue weighted by atomic mass is 10.1.